The van der Waals surface area contributed by atoms with Crippen molar-refractivity contribution in [3.63, 3.8) is 0 Å². The fraction of sp³-hybridized carbons (Fsp3) is 0.350. The smallest absolute Gasteiger partial charge is 0.292 e. The first-order chi connectivity index (χ1) is 14.0. The molecular formula is C20H21F2N3O4S. The van der Waals surface area contributed by atoms with Gasteiger partial charge in [-0.1, -0.05) is 24.3 Å². The van der Waals surface area contributed by atoms with Gasteiger partial charge in [0.2, 0.25) is 5.88 Å². The summed E-state index contributed by atoms with van der Waals surface area (Å²) in [5.41, 5.74) is -0.911. The van der Waals surface area contributed by atoms with E-state index >= 15 is 0 Å². The van der Waals surface area contributed by atoms with Crippen LogP contribution in [0.3, 0.4) is 0 Å². The number of carbonyl (C=O) groups is 1. The monoisotopic (exact) mass is 437 g/mol. The van der Waals surface area contributed by atoms with Crippen LogP contribution in [-0.4, -0.2) is 36.6 Å². The summed E-state index contributed by atoms with van der Waals surface area (Å²) in [6, 6.07) is 7.67. The van der Waals surface area contributed by atoms with Crippen molar-refractivity contribution >= 4 is 15.7 Å². The highest BCUT2D eigenvalue weighted by Crippen LogP contribution is 2.35. The third-order valence-corrected chi connectivity index (χ3v) is 4.96. The molecule has 1 fully saturated rings. The van der Waals surface area contributed by atoms with Crippen molar-refractivity contribution < 1.29 is 26.7 Å². The van der Waals surface area contributed by atoms with Crippen molar-refractivity contribution in [3.05, 3.63) is 59.4 Å². The minimum absolute atomic E-state index is 0.110. The van der Waals surface area contributed by atoms with Crippen LogP contribution < -0.4 is 10.1 Å². The van der Waals surface area contributed by atoms with E-state index in [-0.39, 0.29) is 17.4 Å². The summed E-state index contributed by atoms with van der Waals surface area (Å²) in [7, 11) is -3.35. The van der Waals surface area contributed by atoms with Crippen LogP contribution in [0.5, 0.6) is 11.6 Å². The Morgan fingerprint density at radius 2 is 1.97 bits per heavy atom. The van der Waals surface area contributed by atoms with Gasteiger partial charge in [-0.2, -0.15) is 8.78 Å². The number of amides is 1. The fourth-order valence-corrected chi connectivity index (χ4v) is 3.14. The van der Waals surface area contributed by atoms with Crippen molar-refractivity contribution in [1.82, 2.24) is 15.3 Å². The van der Waals surface area contributed by atoms with Crippen molar-refractivity contribution in [2.45, 2.75) is 31.7 Å². The van der Waals surface area contributed by atoms with E-state index in [9.17, 15) is 22.0 Å². The lowest BCUT2D eigenvalue weighted by molar-refractivity contribution is 0.00992. The zero-order chi connectivity index (χ0) is 21.9. The third-order valence-electron chi connectivity index (χ3n) is 4.31. The highest BCUT2D eigenvalue weighted by Gasteiger charge is 2.34. The van der Waals surface area contributed by atoms with E-state index in [0.29, 0.717) is 6.92 Å². The fourth-order valence-electron chi connectivity index (χ4n) is 2.69. The molecule has 0 aliphatic heterocycles. The molecule has 30 heavy (non-hydrogen) atoms. The van der Waals surface area contributed by atoms with Gasteiger partial charge in [-0.05, 0) is 30.9 Å². The molecule has 0 unspecified atom stereocenters. The molecule has 0 spiro atoms. The number of alkyl halides is 2. The molecule has 160 valence electrons. The van der Waals surface area contributed by atoms with Crippen LogP contribution in [-0.2, 0) is 15.8 Å². The number of aromatic nitrogens is 2. The second-order valence-corrected chi connectivity index (χ2v) is 9.14. The Hall–Kier alpha value is -2.88. The zero-order valence-electron chi connectivity index (χ0n) is 16.4. The number of hydrogen-bond acceptors (Lipinski definition) is 6. The molecule has 1 N–H and O–H groups in total. The molecule has 10 heteroatoms. The number of benzene rings is 1. The second kappa shape index (κ2) is 8.47. The molecule has 1 aliphatic rings. The standard InChI is InChI=1S/C20H21F2N3O4S/c1-20(21,22)17-19(29-14-6-4-3-5-7-14)25-16(12-23-17)18(26)24-15(13-8-9-13)10-11-30(2,27)28/h3-7,10-13,15H,8-9H2,1-2H3,(H,24,26)/b11-10+/t15-/m1/s1. The number of para-hydroxylation sites is 1. The number of sulfone groups is 1. The molecule has 1 aromatic carbocycles. The second-order valence-electron chi connectivity index (χ2n) is 7.21. The van der Waals surface area contributed by atoms with Gasteiger partial charge < -0.3 is 10.1 Å². The summed E-state index contributed by atoms with van der Waals surface area (Å²) in [6.45, 7) is 0.660. The predicted octanol–water partition coefficient (Wildman–Crippen LogP) is 3.45. The van der Waals surface area contributed by atoms with Crippen LogP contribution in [0, 0.1) is 5.92 Å². The highest BCUT2D eigenvalue weighted by molar-refractivity contribution is 7.93. The maximum absolute atomic E-state index is 13.9. The Balaban J connectivity index is 1.86. The quantitative estimate of drug-likeness (QED) is 0.679. The lowest BCUT2D eigenvalue weighted by Crippen LogP contribution is -2.36. The van der Waals surface area contributed by atoms with E-state index in [2.05, 4.69) is 15.3 Å². The van der Waals surface area contributed by atoms with Crippen molar-refractivity contribution in [1.29, 1.82) is 0 Å². The van der Waals surface area contributed by atoms with E-state index < -0.39 is 39.3 Å². The molecule has 1 aliphatic carbocycles. The van der Waals surface area contributed by atoms with Crippen LogP contribution in [0.4, 0.5) is 8.78 Å². The van der Waals surface area contributed by atoms with Crippen LogP contribution >= 0.6 is 0 Å². The third kappa shape index (κ3) is 6.06. The zero-order valence-corrected chi connectivity index (χ0v) is 17.2. The number of carbonyl (C=O) groups excluding carboxylic acids is 1. The van der Waals surface area contributed by atoms with E-state index in [0.717, 1.165) is 30.7 Å². The summed E-state index contributed by atoms with van der Waals surface area (Å²) >= 11 is 0. The SMILES string of the molecule is CC(F)(F)c1ncc(C(=O)N[C@H](/C=C/S(C)(=O)=O)C2CC2)nc1Oc1ccccc1. The summed E-state index contributed by atoms with van der Waals surface area (Å²) in [6.07, 6.45) is 5.10. The highest BCUT2D eigenvalue weighted by atomic mass is 32.2. The number of hydrogen-bond donors (Lipinski definition) is 1. The number of rotatable bonds is 8. The lowest BCUT2D eigenvalue weighted by atomic mass is 10.2. The minimum atomic E-state index is -3.35. The first-order valence-corrected chi connectivity index (χ1v) is 11.2. The molecule has 1 heterocycles. The largest absolute Gasteiger partial charge is 0.437 e. The van der Waals surface area contributed by atoms with Gasteiger partial charge in [0, 0.05) is 18.6 Å². The van der Waals surface area contributed by atoms with Crippen molar-refractivity contribution in [2.24, 2.45) is 5.92 Å². The molecule has 1 saturated carbocycles. The number of nitrogens with zero attached hydrogens (tertiary/aromatic N) is 2. The number of halogens is 2. The molecule has 0 radical (unpaired) electrons. The molecule has 1 aromatic heterocycles. The van der Waals surface area contributed by atoms with Crippen LogP contribution in [0.1, 0.15) is 35.9 Å². The van der Waals surface area contributed by atoms with Crippen LogP contribution in [0.2, 0.25) is 0 Å². The van der Waals surface area contributed by atoms with Gasteiger partial charge in [-0.25, -0.2) is 18.4 Å². The minimum Gasteiger partial charge on any atom is -0.437 e. The van der Waals surface area contributed by atoms with Crippen molar-refractivity contribution in [2.75, 3.05) is 6.26 Å². The van der Waals surface area contributed by atoms with E-state index in [1.54, 1.807) is 30.3 Å². The van der Waals surface area contributed by atoms with Gasteiger partial charge in [-0.3, -0.25) is 4.79 Å². The average Bonchev–Trinajstić information content (AvgIpc) is 3.49. The van der Waals surface area contributed by atoms with Gasteiger partial charge in [0.1, 0.15) is 5.75 Å². The Morgan fingerprint density at radius 3 is 2.53 bits per heavy atom. The molecule has 0 bridgehead atoms. The maximum Gasteiger partial charge on any atom is 0.292 e. The topological polar surface area (TPSA) is 98.2 Å². The Morgan fingerprint density at radius 1 is 1.30 bits per heavy atom. The number of nitrogens with one attached hydrogen (secondary N) is 1. The number of ether oxygens (including phenoxy) is 1. The van der Waals surface area contributed by atoms with Gasteiger partial charge in [0.25, 0.3) is 11.8 Å². The van der Waals surface area contributed by atoms with Crippen molar-refractivity contribution in [3.8, 4) is 11.6 Å². The molecule has 7 nitrogen and oxygen atoms in total. The molecular weight excluding hydrogens is 416 g/mol. The summed E-state index contributed by atoms with van der Waals surface area (Å²) in [5.74, 6) is -4.10. The molecule has 2 aromatic rings. The van der Waals surface area contributed by atoms with E-state index in [1.165, 1.54) is 6.08 Å². The maximum atomic E-state index is 13.9. The molecule has 1 amide bonds. The van der Waals surface area contributed by atoms with Gasteiger partial charge in [0.05, 0.1) is 12.2 Å². The Labute approximate surface area is 173 Å². The summed E-state index contributed by atoms with van der Waals surface area (Å²) in [5, 5.41) is 3.72. The van der Waals surface area contributed by atoms with Gasteiger partial charge >= 0.3 is 0 Å². The predicted molar refractivity (Wildman–Crippen MR) is 106 cm³/mol. The van der Waals surface area contributed by atoms with Gasteiger partial charge in [0.15, 0.2) is 21.2 Å². The Bertz CT molecular complexity index is 1050. The van der Waals surface area contributed by atoms with E-state index in [4.69, 9.17) is 4.74 Å². The summed E-state index contributed by atoms with van der Waals surface area (Å²) < 4.78 is 56.1. The first-order valence-electron chi connectivity index (χ1n) is 9.20. The molecule has 0 saturated heterocycles. The summed E-state index contributed by atoms with van der Waals surface area (Å²) in [4.78, 5) is 20.3. The first kappa shape index (κ1) is 21.8. The van der Waals surface area contributed by atoms with Crippen LogP contribution in [0.15, 0.2) is 48.0 Å². The van der Waals surface area contributed by atoms with E-state index in [1.807, 2.05) is 0 Å². The average molecular weight is 437 g/mol. The van der Waals surface area contributed by atoms with Crippen LogP contribution in [0.25, 0.3) is 0 Å². The van der Waals surface area contributed by atoms with Gasteiger partial charge in [-0.15, -0.1) is 0 Å². The molecule has 1 atom stereocenters. The molecule has 3 rings (SSSR count). The Kier molecular flexibility index (Phi) is 6.16. The normalized spacial score (nSPS) is 15.7. The lowest BCUT2D eigenvalue weighted by Gasteiger charge is -2.17.